The van der Waals surface area contributed by atoms with Crippen molar-refractivity contribution in [2.45, 2.75) is 50.7 Å². The molecule has 0 amide bonds. The molecule has 3 heterocycles. The van der Waals surface area contributed by atoms with Gasteiger partial charge in [-0.1, -0.05) is 24.3 Å². The number of hydrogen-bond acceptors (Lipinski definition) is 6. The molecule has 6 heteroatoms. The van der Waals surface area contributed by atoms with Crippen LogP contribution in [0.2, 0.25) is 0 Å². The van der Waals surface area contributed by atoms with Crippen molar-refractivity contribution in [2.75, 3.05) is 32.8 Å². The normalized spacial score (nSPS) is 21.8. The summed E-state index contributed by atoms with van der Waals surface area (Å²) in [4.78, 5) is 7.24. The number of fused-ring (bicyclic) bond motifs is 2. The largest absolute Gasteiger partial charge is 0.483 e. The summed E-state index contributed by atoms with van der Waals surface area (Å²) in [5.41, 5.74) is 1.86. The number of aromatic nitrogens is 1. The Kier molecular flexibility index (Phi) is 6.60. The van der Waals surface area contributed by atoms with Crippen molar-refractivity contribution in [3.63, 3.8) is 0 Å². The minimum atomic E-state index is -0.0595. The summed E-state index contributed by atoms with van der Waals surface area (Å²) >= 11 is 0. The summed E-state index contributed by atoms with van der Waals surface area (Å²) in [6.45, 7) is 6.69. The molecule has 1 saturated heterocycles. The molecule has 2 aliphatic rings. The highest BCUT2D eigenvalue weighted by molar-refractivity contribution is 5.72. The molecule has 1 fully saturated rings. The van der Waals surface area contributed by atoms with Crippen LogP contribution in [0.5, 0.6) is 11.5 Å². The van der Waals surface area contributed by atoms with Gasteiger partial charge < -0.3 is 23.5 Å². The molecule has 2 aliphatic heterocycles. The molecule has 0 aliphatic carbocycles. The monoisotopic (exact) mass is 436 g/mol. The van der Waals surface area contributed by atoms with Crippen molar-refractivity contribution in [1.82, 2.24) is 9.88 Å². The quantitative estimate of drug-likeness (QED) is 0.462. The second kappa shape index (κ2) is 9.92. The first kappa shape index (κ1) is 21.3. The number of hydrogen-bond donors (Lipinski definition) is 0. The zero-order chi connectivity index (χ0) is 21.8. The van der Waals surface area contributed by atoms with Crippen molar-refractivity contribution in [2.24, 2.45) is 0 Å². The fourth-order valence-corrected chi connectivity index (χ4v) is 4.56. The Hall–Kier alpha value is -2.57. The first-order valence-corrected chi connectivity index (χ1v) is 11.8. The van der Waals surface area contributed by atoms with Crippen molar-refractivity contribution in [3.8, 4) is 11.5 Å². The lowest BCUT2D eigenvalue weighted by Gasteiger charge is -2.32. The molecule has 2 aromatic carbocycles. The van der Waals surface area contributed by atoms with Crippen LogP contribution in [0.1, 0.15) is 44.4 Å². The van der Waals surface area contributed by atoms with Gasteiger partial charge in [-0.2, -0.15) is 0 Å². The molecule has 6 nitrogen and oxygen atoms in total. The summed E-state index contributed by atoms with van der Waals surface area (Å²) in [6, 6.07) is 15.8. The van der Waals surface area contributed by atoms with Gasteiger partial charge in [-0.25, -0.2) is 4.98 Å². The minimum Gasteiger partial charge on any atom is -0.483 e. The Morgan fingerprint density at radius 1 is 0.969 bits per heavy atom. The minimum absolute atomic E-state index is 0.00700. The van der Waals surface area contributed by atoms with Crippen LogP contribution in [0.25, 0.3) is 11.1 Å². The zero-order valence-electron chi connectivity index (χ0n) is 18.7. The van der Waals surface area contributed by atoms with Gasteiger partial charge in [0.15, 0.2) is 29.1 Å². The number of ether oxygens (including phenoxy) is 3. The van der Waals surface area contributed by atoms with Gasteiger partial charge in [0.1, 0.15) is 11.6 Å². The Morgan fingerprint density at radius 2 is 1.72 bits per heavy atom. The van der Waals surface area contributed by atoms with Crippen LogP contribution in [0.4, 0.5) is 0 Å². The molecule has 1 aromatic heterocycles. The summed E-state index contributed by atoms with van der Waals surface area (Å²) < 4.78 is 23.9. The van der Waals surface area contributed by atoms with Gasteiger partial charge in [-0.3, -0.25) is 0 Å². The smallest absolute Gasteiger partial charge is 0.198 e. The van der Waals surface area contributed by atoms with Crippen molar-refractivity contribution in [1.29, 1.82) is 0 Å². The van der Waals surface area contributed by atoms with E-state index in [0.717, 1.165) is 80.4 Å². The number of rotatable bonds is 8. The number of likely N-dealkylation sites (tertiary alicyclic amines) is 1. The van der Waals surface area contributed by atoms with Crippen LogP contribution < -0.4 is 9.47 Å². The molecule has 32 heavy (non-hydrogen) atoms. The molecule has 0 radical (unpaired) electrons. The third-order valence-electron chi connectivity index (χ3n) is 6.51. The first-order chi connectivity index (χ1) is 15.8. The van der Waals surface area contributed by atoms with Gasteiger partial charge in [-0.15, -0.1) is 0 Å². The summed E-state index contributed by atoms with van der Waals surface area (Å²) in [5.74, 6) is 2.97. The zero-order valence-corrected chi connectivity index (χ0v) is 18.7. The molecule has 0 spiro atoms. The number of benzene rings is 2. The van der Waals surface area contributed by atoms with Crippen LogP contribution >= 0.6 is 0 Å². The van der Waals surface area contributed by atoms with Gasteiger partial charge in [0.05, 0.1) is 6.61 Å². The summed E-state index contributed by atoms with van der Waals surface area (Å²) in [6.07, 6.45) is 4.37. The van der Waals surface area contributed by atoms with Crippen LogP contribution in [0.3, 0.4) is 0 Å². The molecular weight excluding hydrogens is 404 g/mol. The fourth-order valence-electron chi connectivity index (χ4n) is 4.56. The second-order valence-electron chi connectivity index (χ2n) is 8.84. The van der Waals surface area contributed by atoms with Crippen molar-refractivity contribution >= 4 is 11.1 Å². The van der Waals surface area contributed by atoms with E-state index < -0.39 is 0 Å². The SMILES string of the molecule is CC1Oc2ccccc2OC1COCCCCN1CCC(c2nc3ccccc3o2)CC1. The fraction of sp³-hybridized carbons (Fsp3) is 0.500. The predicted octanol–water partition coefficient (Wildman–Crippen LogP) is 5.03. The molecule has 2 unspecified atom stereocenters. The Balaban J connectivity index is 0.973. The lowest BCUT2D eigenvalue weighted by molar-refractivity contribution is -0.0278. The van der Waals surface area contributed by atoms with E-state index in [-0.39, 0.29) is 12.2 Å². The highest BCUT2D eigenvalue weighted by Crippen LogP contribution is 2.33. The van der Waals surface area contributed by atoms with E-state index in [4.69, 9.17) is 23.6 Å². The Labute approximate surface area is 189 Å². The van der Waals surface area contributed by atoms with Gasteiger partial charge in [0.2, 0.25) is 0 Å². The van der Waals surface area contributed by atoms with E-state index >= 15 is 0 Å². The molecule has 170 valence electrons. The van der Waals surface area contributed by atoms with Crippen LogP contribution in [-0.2, 0) is 4.74 Å². The van der Waals surface area contributed by atoms with E-state index in [1.54, 1.807) is 0 Å². The molecule has 0 bridgehead atoms. The highest BCUT2D eigenvalue weighted by Gasteiger charge is 2.28. The number of unbranched alkanes of at least 4 members (excludes halogenated alkanes) is 1. The molecule has 5 rings (SSSR count). The Bertz CT molecular complexity index is 979. The molecule has 0 saturated carbocycles. The molecule has 0 N–H and O–H groups in total. The maximum absolute atomic E-state index is 6.04. The number of nitrogens with zero attached hydrogens (tertiary/aromatic N) is 2. The second-order valence-corrected chi connectivity index (χ2v) is 8.84. The Morgan fingerprint density at radius 3 is 2.53 bits per heavy atom. The highest BCUT2D eigenvalue weighted by atomic mass is 16.6. The van der Waals surface area contributed by atoms with E-state index in [1.165, 1.54) is 0 Å². The van der Waals surface area contributed by atoms with Crippen molar-refractivity contribution in [3.05, 3.63) is 54.4 Å². The standard InChI is InChI=1S/C26H32N2O4/c1-19-25(31-24-11-5-4-10-23(24)30-19)18-29-17-7-6-14-28-15-12-20(13-16-28)26-27-21-8-2-3-9-22(21)32-26/h2-5,8-11,19-20,25H,6-7,12-18H2,1H3. The first-order valence-electron chi connectivity index (χ1n) is 11.8. The van der Waals surface area contributed by atoms with Crippen LogP contribution in [-0.4, -0.2) is 54.9 Å². The maximum Gasteiger partial charge on any atom is 0.198 e. The molecule has 3 aromatic rings. The predicted molar refractivity (Wildman–Crippen MR) is 123 cm³/mol. The number of para-hydroxylation sites is 4. The van der Waals surface area contributed by atoms with Crippen molar-refractivity contribution < 1.29 is 18.6 Å². The van der Waals surface area contributed by atoms with Gasteiger partial charge in [-0.05, 0) is 76.5 Å². The number of piperidine rings is 1. The van der Waals surface area contributed by atoms with E-state index in [1.807, 2.05) is 55.5 Å². The van der Waals surface area contributed by atoms with E-state index in [0.29, 0.717) is 12.5 Å². The molecule has 2 atom stereocenters. The topological polar surface area (TPSA) is 57.0 Å². The van der Waals surface area contributed by atoms with Crippen LogP contribution in [0, 0.1) is 0 Å². The average molecular weight is 437 g/mol. The third-order valence-corrected chi connectivity index (χ3v) is 6.51. The van der Waals surface area contributed by atoms with Gasteiger partial charge in [0.25, 0.3) is 0 Å². The lowest BCUT2D eigenvalue weighted by Crippen LogP contribution is -2.41. The molecular formula is C26H32N2O4. The summed E-state index contributed by atoms with van der Waals surface area (Å²) in [7, 11) is 0. The third kappa shape index (κ3) is 4.92. The van der Waals surface area contributed by atoms with E-state index in [9.17, 15) is 0 Å². The average Bonchev–Trinajstić information content (AvgIpc) is 3.26. The van der Waals surface area contributed by atoms with Gasteiger partial charge in [0, 0.05) is 12.5 Å². The number of oxazole rings is 1. The summed E-state index contributed by atoms with van der Waals surface area (Å²) in [5, 5.41) is 0. The maximum atomic E-state index is 6.04. The van der Waals surface area contributed by atoms with E-state index in [2.05, 4.69) is 4.90 Å². The lowest BCUT2D eigenvalue weighted by atomic mass is 9.96. The van der Waals surface area contributed by atoms with Crippen LogP contribution in [0.15, 0.2) is 52.9 Å². The van der Waals surface area contributed by atoms with Gasteiger partial charge >= 0.3 is 0 Å².